The molecule has 0 saturated heterocycles. The predicted octanol–water partition coefficient (Wildman–Crippen LogP) is 1.42. The van der Waals surface area contributed by atoms with Crippen LogP contribution >= 0.6 is 11.6 Å². The zero-order valence-corrected chi connectivity index (χ0v) is 7.21. The van der Waals surface area contributed by atoms with Gasteiger partial charge in [0.15, 0.2) is 0 Å². The second kappa shape index (κ2) is 2.52. The first kappa shape index (κ1) is 7.68. The van der Waals surface area contributed by atoms with E-state index in [0.717, 1.165) is 12.8 Å². The molecule has 2 N–H and O–H groups in total. The Morgan fingerprint density at radius 1 is 1.58 bits per heavy atom. The van der Waals surface area contributed by atoms with Crippen LogP contribution in [0.2, 0.25) is 5.02 Å². The largest absolute Gasteiger partial charge is 0.394 e. The average molecular weight is 185 g/mol. The molecule has 1 saturated carbocycles. The van der Waals surface area contributed by atoms with E-state index in [2.05, 4.69) is 0 Å². The van der Waals surface area contributed by atoms with Gasteiger partial charge in [-0.05, 0) is 18.9 Å². The highest BCUT2D eigenvalue weighted by Gasteiger charge is 2.25. The van der Waals surface area contributed by atoms with Crippen LogP contribution in [0.1, 0.15) is 18.9 Å². The molecular formula is C8H9ClN2O. The van der Waals surface area contributed by atoms with Gasteiger partial charge in [0.05, 0.1) is 10.7 Å². The Hall–Kier alpha value is -0.960. The molecule has 2 rings (SSSR count). The first-order valence-electron chi connectivity index (χ1n) is 3.85. The molecule has 1 aromatic rings. The van der Waals surface area contributed by atoms with Crippen LogP contribution in [0, 0.1) is 0 Å². The number of hydrogen-bond donors (Lipinski definition) is 1. The first-order valence-corrected chi connectivity index (χ1v) is 4.23. The number of nitrogens with zero attached hydrogens (tertiary/aromatic N) is 1. The van der Waals surface area contributed by atoms with Crippen molar-refractivity contribution in [3.05, 3.63) is 27.6 Å². The fourth-order valence-corrected chi connectivity index (χ4v) is 1.43. The van der Waals surface area contributed by atoms with Crippen LogP contribution in [0.5, 0.6) is 0 Å². The van der Waals surface area contributed by atoms with Gasteiger partial charge in [-0.1, -0.05) is 11.6 Å². The Labute approximate surface area is 74.8 Å². The molecule has 0 bridgehead atoms. The zero-order chi connectivity index (χ0) is 8.72. The predicted molar refractivity (Wildman–Crippen MR) is 48.4 cm³/mol. The van der Waals surface area contributed by atoms with Crippen molar-refractivity contribution >= 4 is 17.3 Å². The van der Waals surface area contributed by atoms with Crippen LogP contribution in [0.3, 0.4) is 0 Å². The average Bonchev–Trinajstić information content (AvgIpc) is 2.79. The molecule has 4 heteroatoms. The molecule has 0 unspecified atom stereocenters. The van der Waals surface area contributed by atoms with E-state index in [1.165, 1.54) is 6.07 Å². The van der Waals surface area contributed by atoms with Crippen molar-refractivity contribution in [1.29, 1.82) is 0 Å². The van der Waals surface area contributed by atoms with Gasteiger partial charge in [-0.3, -0.25) is 4.79 Å². The second-order valence-corrected chi connectivity index (χ2v) is 3.49. The summed E-state index contributed by atoms with van der Waals surface area (Å²) in [4.78, 5) is 11.4. The van der Waals surface area contributed by atoms with Gasteiger partial charge in [0.1, 0.15) is 0 Å². The lowest BCUT2D eigenvalue weighted by Crippen LogP contribution is -2.21. The van der Waals surface area contributed by atoms with E-state index in [1.54, 1.807) is 10.8 Å². The maximum absolute atomic E-state index is 11.4. The third-order valence-corrected chi connectivity index (χ3v) is 2.18. The summed E-state index contributed by atoms with van der Waals surface area (Å²) in [6.07, 6.45) is 3.76. The molecule has 12 heavy (non-hydrogen) atoms. The van der Waals surface area contributed by atoms with Crippen molar-refractivity contribution in [3.8, 4) is 0 Å². The van der Waals surface area contributed by atoms with E-state index in [4.69, 9.17) is 17.3 Å². The summed E-state index contributed by atoms with van der Waals surface area (Å²) < 4.78 is 1.62. The number of nitrogens with two attached hydrogens (primary N) is 1. The Balaban J connectivity index is 2.58. The molecule has 1 heterocycles. The Morgan fingerprint density at radius 3 is 2.83 bits per heavy atom. The van der Waals surface area contributed by atoms with E-state index >= 15 is 0 Å². The van der Waals surface area contributed by atoms with Crippen LogP contribution in [-0.4, -0.2) is 4.57 Å². The van der Waals surface area contributed by atoms with Gasteiger partial charge in [-0.2, -0.15) is 0 Å². The van der Waals surface area contributed by atoms with Crippen molar-refractivity contribution in [2.75, 3.05) is 5.73 Å². The molecule has 0 spiro atoms. The summed E-state index contributed by atoms with van der Waals surface area (Å²) in [5.74, 6) is 0. The minimum absolute atomic E-state index is 0.123. The summed E-state index contributed by atoms with van der Waals surface area (Å²) in [5, 5.41) is 0.527. The normalized spacial score (nSPS) is 16.4. The number of hydrogen-bond acceptors (Lipinski definition) is 2. The number of pyridine rings is 1. The van der Waals surface area contributed by atoms with Gasteiger partial charge in [0.25, 0.3) is 5.56 Å². The highest BCUT2D eigenvalue weighted by molar-refractivity contribution is 6.30. The van der Waals surface area contributed by atoms with E-state index < -0.39 is 0 Å². The van der Waals surface area contributed by atoms with Crippen molar-refractivity contribution in [1.82, 2.24) is 4.57 Å². The Kier molecular flexibility index (Phi) is 1.61. The number of rotatable bonds is 1. The molecule has 0 atom stereocenters. The third kappa shape index (κ3) is 1.20. The fraction of sp³-hybridized carbons (Fsp3) is 0.375. The molecule has 0 aromatic carbocycles. The van der Waals surface area contributed by atoms with Crippen LogP contribution < -0.4 is 11.3 Å². The molecule has 1 aromatic heterocycles. The SMILES string of the molecule is Nc1cc(Cl)cn(C2CC2)c1=O. The molecule has 3 nitrogen and oxygen atoms in total. The number of nitrogen functional groups attached to an aromatic ring is 1. The summed E-state index contributed by atoms with van der Waals surface area (Å²) in [5.41, 5.74) is 5.58. The number of anilines is 1. The lowest BCUT2D eigenvalue weighted by atomic mass is 10.4. The number of halogens is 1. The molecular weight excluding hydrogens is 176 g/mol. The van der Waals surface area contributed by atoms with Crippen LogP contribution in [0.15, 0.2) is 17.1 Å². The lowest BCUT2D eigenvalue weighted by Gasteiger charge is -2.04. The monoisotopic (exact) mass is 184 g/mol. The van der Waals surface area contributed by atoms with E-state index in [9.17, 15) is 4.79 Å². The van der Waals surface area contributed by atoms with E-state index in [0.29, 0.717) is 11.1 Å². The highest BCUT2D eigenvalue weighted by Crippen LogP contribution is 2.34. The minimum atomic E-state index is -0.123. The zero-order valence-electron chi connectivity index (χ0n) is 6.46. The molecule has 1 aliphatic rings. The van der Waals surface area contributed by atoms with Gasteiger partial charge in [-0.15, -0.1) is 0 Å². The summed E-state index contributed by atoms with van der Waals surface area (Å²) in [6.45, 7) is 0. The summed E-state index contributed by atoms with van der Waals surface area (Å²) in [7, 11) is 0. The van der Waals surface area contributed by atoms with Crippen LogP contribution in [0.4, 0.5) is 5.69 Å². The second-order valence-electron chi connectivity index (χ2n) is 3.06. The Morgan fingerprint density at radius 2 is 2.25 bits per heavy atom. The van der Waals surface area contributed by atoms with Crippen molar-refractivity contribution in [2.45, 2.75) is 18.9 Å². The van der Waals surface area contributed by atoms with Gasteiger partial charge in [0.2, 0.25) is 0 Å². The van der Waals surface area contributed by atoms with Gasteiger partial charge in [-0.25, -0.2) is 0 Å². The topological polar surface area (TPSA) is 48.0 Å². The van der Waals surface area contributed by atoms with E-state index in [1.807, 2.05) is 0 Å². The van der Waals surface area contributed by atoms with Gasteiger partial charge >= 0.3 is 0 Å². The molecule has 1 fully saturated rings. The van der Waals surface area contributed by atoms with Crippen LogP contribution in [0.25, 0.3) is 0 Å². The molecule has 64 valence electrons. The summed E-state index contributed by atoms with van der Waals surface area (Å²) >= 11 is 5.75. The fourth-order valence-electron chi connectivity index (χ4n) is 1.21. The van der Waals surface area contributed by atoms with Gasteiger partial charge < -0.3 is 10.3 Å². The smallest absolute Gasteiger partial charge is 0.274 e. The standard InChI is InChI=1S/C8H9ClN2O/c9-5-3-7(10)8(12)11(4-5)6-1-2-6/h3-4,6H,1-2,10H2. The molecule has 1 aliphatic carbocycles. The quantitative estimate of drug-likeness (QED) is 0.718. The third-order valence-electron chi connectivity index (χ3n) is 1.98. The van der Waals surface area contributed by atoms with Crippen molar-refractivity contribution < 1.29 is 0 Å². The summed E-state index contributed by atoms with van der Waals surface area (Å²) in [6, 6.07) is 1.82. The molecule has 0 aliphatic heterocycles. The van der Waals surface area contributed by atoms with Crippen molar-refractivity contribution in [3.63, 3.8) is 0 Å². The molecule has 0 amide bonds. The lowest BCUT2D eigenvalue weighted by molar-refractivity contribution is 0.710. The maximum atomic E-state index is 11.4. The maximum Gasteiger partial charge on any atom is 0.274 e. The molecule has 0 radical (unpaired) electrons. The van der Waals surface area contributed by atoms with Crippen LogP contribution in [-0.2, 0) is 0 Å². The first-order chi connectivity index (χ1) is 5.68. The van der Waals surface area contributed by atoms with Gasteiger partial charge in [0, 0.05) is 12.2 Å². The minimum Gasteiger partial charge on any atom is -0.394 e. The Bertz CT molecular complexity index is 368. The highest BCUT2D eigenvalue weighted by atomic mass is 35.5. The van der Waals surface area contributed by atoms with Crippen molar-refractivity contribution in [2.24, 2.45) is 0 Å². The number of aromatic nitrogens is 1. The van der Waals surface area contributed by atoms with E-state index in [-0.39, 0.29) is 11.2 Å².